The van der Waals surface area contributed by atoms with Gasteiger partial charge in [0.2, 0.25) is 0 Å². The van der Waals surface area contributed by atoms with Gasteiger partial charge in [0.25, 0.3) is 5.91 Å². The molecule has 6 nitrogen and oxygen atoms in total. The fourth-order valence-corrected chi connectivity index (χ4v) is 4.59. The van der Waals surface area contributed by atoms with Crippen LogP contribution in [0.4, 0.5) is 8.78 Å². The Morgan fingerprint density at radius 2 is 1.76 bits per heavy atom. The number of fused-ring (bicyclic) bond motifs is 1. The quantitative estimate of drug-likeness (QED) is 0.289. The third-order valence-electron chi connectivity index (χ3n) is 6.42. The van der Waals surface area contributed by atoms with Crippen molar-refractivity contribution in [3.8, 4) is 11.5 Å². The molecular weight excluding hydrogens is 478 g/mol. The second-order valence-electron chi connectivity index (χ2n) is 8.95. The molecule has 1 amide bonds. The number of carbonyl (C=O) groups excluding carboxylic acids is 1. The number of aliphatic carboxylic acids is 1. The van der Waals surface area contributed by atoms with Gasteiger partial charge < -0.3 is 19.7 Å². The SMILES string of the molecule is CCc1cc(Oc2cc(F)cc(CNC(=O)c3c(C)c4cc(F)ccc4n3C)c2)ccc1CCC(=O)O. The fourth-order valence-electron chi connectivity index (χ4n) is 4.59. The van der Waals surface area contributed by atoms with Crippen LogP contribution >= 0.6 is 0 Å². The molecule has 3 aromatic carbocycles. The van der Waals surface area contributed by atoms with Crippen molar-refractivity contribution in [2.45, 2.75) is 39.7 Å². The van der Waals surface area contributed by atoms with E-state index in [1.165, 1.54) is 24.3 Å². The third kappa shape index (κ3) is 5.80. The molecule has 0 atom stereocenters. The zero-order valence-corrected chi connectivity index (χ0v) is 20.9. The van der Waals surface area contributed by atoms with Crippen LogP contribution in [0.1, 0.15) is 46.1 Å². The lowest BCUT2D eigenvalue weighted by Gasteiger charge is -2.13. The molecule has 192 valence electrons. The molecule has 8 heteroatoms. The predicted octanol–water partition coefficient (Wildman–Crippen LogP) is 6.07. The van der Waals surface area contributed by atoms with Gasteiger partial charge in [-0.1, -0.05) is 13.0 Å². The van der Waals surface area contributed by atoms with E-state index in [-0.39, 0.29) is 30.4 Å². The van der Waals surface area contributed by atoms with Crippen LogP contribution in [-0.2, 0) is 31.2 Å². The molecule has 4 rings (SSSR count). The van der Waals surface area contributed by atoms with E-state index in [0.29, 0.717) is 40.8 Å². The molecule has 0 fully saturated rings. The second-order valence-corrected chi connectivity index (χ2v) is 8.95. The molecule has 0 aliphatic heterocycles. The summed E-state index contributed by atoms with van der Waals surface area (Å²) in [7, 11) is 1.74. The average Bonchev–Trinajstić information content (AvgIpc) is 3.10. The number of nitrogens with zero attached hydrogens (tertiary/aromatic N) is 1. The summed E-state index contributed by atoms with van der Waals surface area (Å²) in [5, 5.41) is 12.4. The standard InChI is InChI=1S/C29H28F2N2O4/c1-4-19-13-23(8-5-20(19)6-10-27(34)35)37-24-12-18(11-22(31)14-24)16-32-29(36)28-17(2)25-15-21(30)7-9-26(25)33(28)3/h5,7-9,11-15H,4,6,10,16H2,1-3H3,(H,32,36)(H,34,35). The Kier molecular flexibility index (Phi) is 7.57. The van der Waals surface area contributed by atoms with Crippen LogP contribution in [0.15, 0.2) is 54.6 Å². The van der Waals surface area contributed by atoms with Crippen molar-refractivity contribution < 1.29 is 28.2 Å². The summed E-state index contributed by atoms with van der Waals surface area (Å²) in [6.07, 6.45) is 1.17. The van der Waals surface area contributed by atoms with Gasteiger partial charge in [0, 0.05) is 37.0 Å². The number of hydrogen-bond donors (Lipinski definition) is 2. The number of halogens is 2. The van der Waals surface area contributed by atoms with E-state index in [0.717, 1.165) is 16.6 Å². The number of rotatable bonds is 9. The summed E-state index contributed by atoms with van der Waals surface area (Å²) < 4.78 is 35.7. The maximum atomic E-state index is 14.4. The molecule has 1 aromatic heterocycles. The van der Waals surface area contributed by atoms with Gasteiger partial charge in [0.05, 0.1) is 0 Å². The number of carboxylic acid groups (broad SMARTS) is 1. The smallest absolute Gasteiger partial charge is 0.303 e. The van der Waals surface area contributed by atoms with Gasteiger partial charge in [0.1, 0.15) is 28.8 Å². The van der Waals surface area contributed by atoms with Crippen LogP contribution in [0.3, 0.4) is 0 Å². The fraction of sp³-hybridized carbons (Fsp3) is 0.241. The zero-order valence-electron chi connectivity index (χ0n) is 20.9. The van der Waals surface area contributed by atoms with Crippen molar-refractivity contribution in [1.29, 1.82) is 0 Å². The van der Waals surface area contributed by atoms with Crippen molar-refractivity contribution in [2.75, 3.05) is 0 Å². The van der Waals surface area contributed by atoms with Crippen LogP contribution in [-0.4, -0.2) is 21.6 Å². The minimum absolute atomic E-state index is 0.0430. The molecule has 0 saturated carbocycles. The highest BCUT2D eigenvalue weighted by atomic mass is 19.1. The lowest BCUT2D eigenvalue weighted by Crippen LogP contribution is -2.25. The van der Waals surface area contributed by atoms with E-state index in [1.807, 2.05) is 19.1 Å². The first-order chi connectivity index (χ1) is 17.7. The molecule has 4 aromatic rings. The molecule has 0 saturated heterocycles. The zero-order chi connectivity index (χ0) is 26.7. The largest absolute Gasteiger partial charge is 0.481 e. The Balaban J connectivity index is 1.49. The highest BCUT2D eigenvalue weighted by Crippen LogP contribution is 2.28. The number of aryl methyl sites for hydroxylation is 4. The van der Waals surface area contributed by atoms with E-state index < -0.39 is 11.8 Å². The summed E-state index contributed by atoms with van der Waals surface area (Å²) in [5.74, 6) is -1.30. The van der Waals surface area contributed by atoms with Gasteiger partial charge in [-0.15, -0.1) is 0 Å². The Hall–Kier alpha value is -4.20. The Morgan fingerprint density at radius 3 is 2.49 bits per heavy atom. The van der Waals surface area contributed by atoms with Crippen molar-refractivity contribution in [2.24, 2.45) is 7.05 Å². The van der Waals surface area contributed by atoms with E-state index in [2.05, 4.69) is 5.32 Å². The number of aromatic nitrogens is 1. The Morgan fingerprint density at radius 1 is 0.973 bits per heavy atom. The maximum absolute atomic E-state index is 14.4. The molecule has 0 radical (unpaired) electrons. The summed E-state index contributed by atoms with van der Waals surface area (Å²) in [6.45, 7) is 3.80. The molecule has 0 aliphatic carbocycles. The lowest BCUT2D eigenvalue weighted by molar-refractivity contribution is -0.136. The minimum atomic E-state index is -0.855. The van der Waals surface area contributed by atoms with Gasteiger partial charge in [-0.25, -0.2) is 8.78 Å². The second kappa shape index (κ2) is 10.8. The highest BCUT2D eigenvalue weighted by molar-refractivity contribution is 6.01. The number of nitrogens with one attached hydrogen (secondary N) is 1. The van der Waals surface area contributed by atoms with Crippen LogP contribution in [0.5, 0.6) is 11.5 Å². The number of hydrogen-bond acceptors (Lipinski definition) is 3. The number of amides is 1. The first kappa shape index (κ1) is 25.9. The third-order valence-corrected chi connectivity index (χ3v) is 6.42. The van der Waals surface area contributed by atoms with Gasteiger partial charge in [-0.05, 0) is 84.5 Å². The summed E-state index contributed by atoms with van der Waals surface area (Å²) in [5.41, 5.74) is 4.23. The molecular formula is C29H28F2N2O4. The first-order valence-corrected chi connectivity index (χ1v) is 12.0. The number of benzene rings is 3. The van der Waals surface area contributed by atoms with Crippen molar-refractivity contribution in [3.63, 3.8) is 0 Å². The number of carboxylic acids is 1. The van der Waals surface area contributed by atoms with E-state index in [1.54, 1.807) is 36.7 Å². The monoisotopic (exact) mass is 506 g/mol. The van der Waals surface area contributed by atoms with Crippen molar-refractivity contribution in [1.82, 2.24) is 9.88 Å². The average molecular weight is 507 g/mol. The highest BCUT2D eigenvalue weighted by Gasteiger charge is 2.19. The summed E-state index contributed by atoms with van der Waals surface area (Å²) in [6, 6.07) is 14.0. The Labute approximate surface area is 213 Å². The topological polar surface area (TPSA) is 80.6 Å². The van der Waals surface area contributed by atoms with Crippen LogP contribution in [0, 0.1) is 18.6 Å². The van der Waals surface area contributed by atoms with Gasteiger partial charge in [-0.2, -0.15) is 0 Å². The normalized spacial score (nSPS) is 11.1. The van der Waals surface area contributed by atoms with Crippen molar-refractivity contribution in [3.05, 3.63) is 94.2 Å². The van der Waals surface area contributed by atoms with E-state index in [9.17, 15) is 18.4 Å². The Bertz CT molecular complexity index is 1490. The number of carbonyl (C=O) groups is 2. The number of ether oxygens (including phenoxy) is 1. The lowest BCUT2D eigenvalue weighted by atomic mass is 10.0. The van der Waals surface area contributed by atoms with Crippen molar-refractivity contribution >= 4 is 22.8 Å². The molecule has 0 aliphatic rings. The molecule has 0 unspecified atom stereocenters. The predicted molar refractivity (Wildman–Crippen MR) is 137 cm³/mol. The van der Waals surface area contributed by atoms with Crippen LogP contribution in [0.25, 0.3) is 10.9 Å². The van der Waals surface area contributed by atoms with Gasteiger partial charge in [0.15, 0.2) is 0 Å². The summed E-state index contributed by atoms with van der Waals surface area (Å²) >= 11 is 0. The molecule has 1 heterocycles. The van der Waals surface area contributed by atoms with Gasteiger partial charge >= 0.3 is 5.97 Å². The van der Waals surface area contributed by atoms with Gasteiger partial charge in [-0.3, -0.25) is 9.59 Å². The van der Waals surface area contributed by atoms with E-state index >= 15 is 0 Å². The van der Waals surface area contributed by atoms with E-state index in [4.69, 9.17) is 9.84 Å². The molecule has 2 N–H and O–H groups in total. The molecule has 0 spiro atoms. The first-order valence-electron chi connectivity index (χ1n) is 12.0. The summed E-state index contributed by atoms with van der Waals surface area (Å²) in [4.78, 5) is 23.9. The van der Waals surface area contributed by atoms with Crippen LogP contribution < -0.4 is 10.1 Å². The minimum Gasteiger partial charge on any atom is -0.481 e. The molecule has 0 bridgehead atoms. The maximum Gasteiger partial charge on any atom is 0.303 e. The molecule has 37 heavy (non-hydrogen) atoms. The van der Waals surface area contributed by atoms with Crippen LogP contribution in [0.2, 0.25) is 0 Å².